The van der Waals surface area contributed by atoms with Crippen LogP contribution in [0.1, 0.15) is 37.6 Å². The Morgan fingerprint density at radius 1 is 1.32 bits per heavy atom. The molecule has 0 saturated carbocycles. The Morgan fingerprint density at radius 2 is 2.08 bits per heavy atom. The van der Waals surface area contributed by atoms with E-state index in [-0.39, 0.29) is 11.7 Å². The summed E-state index contributed by atoms with van der Waals surface area (Å²) >= 11 is 0. The second-order valence-corrected chi connectivity index (χ2v) is 5.80. The van der Waals surface area contributed by atoms with E-state index in [2.05, 4.69) is 20.5 Å². The minimum Gasteiger partial charge on any atom is -0.490 e. The molecule has 25 heavy (non-hydrogen) atoms. The Balaban J connectivity index is 2.15. The average Bonchev–Trinajstić information content (AvgIpc) is 2.54. The molecule has 2 N–H and O–H groups in total. The van der Waals surface area contributed by atoms with Crippen molar-refractivity contribution in [2.45, 2.75) is 40.7 Å². The van der Waals surface area contributed by atoms with Gasteiger partial charge in [0.15, 0.2) is 11.5 Å². The maximum atomic E-state index is 11.7. The lowest BCUT2D eigenvalue weighted by Gasteiger charge is -2.14. The fraction of sp³-hybridized carbons (Fsp3) is 0.389. The van der Waals surface area contributed by atoms with Crippen molar-refractivity contribution in [2.24, 2.45) is 5.10 Å². The van der Waals surface area contributed by atoms with Gasteiger partial charge in [0.25, 0.3) is 5.56 Å². The van der Waals surface area contributed by atoms with Crippen molar-refractivity contribution < 1.29 is 9.47 Å². The molecule has 1 aromatic carbocycles. The highest BCUT2D eigenvalue weighted by atomic mass is 16.5. The number of nitrogens with zero attached hydrogens (tertiary/aromatic N) is 2. The molecule has 0 saturated heterocycles. The van der Waals surface area contributed by atoms with Gasteiger partial charge >= 0.3 is 0 Å². The van der Waals surface area contributed by atoms with E-state index in [0.717, 1.165) is 5.56 Å². The number of H-pyrrole nitrogens is 1. The van der Waals surface area contributed by atoms with Crippen LogP contribution in [0.5, 0.6) is 11.5 Å². The minimum atomic E-state index is -0.181. The number of ether oxygens (including phenoxy) is 2. The molecular formula is C18H24N4O3. The molecule has 7 heteroatoms. The summed E-state index contributed by atoms with van der Waals surface area (Å²) in [6, 6.07) is 5.58. The first-order chi connectivity index (χ1) is 11.9. The van der Waals surface area contributed by atoms with Gasteiger partial charge in [-0.05, 0) is 58.4 Å². The number of hydrogen-bond donors (Lipinski definition) is 2. The first-order valence-electron chi connectivity index (χ1n) is 8.20. The van der Waals surface area contributed by atoms with Crippen LogP contribution >= 0.6 is 0 Å². The summed E-state index contributed by atoms with van der Waals surface area (Å²) in [6.07, 6.45) is 1.68. The van der Waals surface area contributed by atoms with Crippen LogP contribution in [-0.4, -0.2) is 28.9 Å². The molecule has 0 bridgehead atoms. The Morgan fingerprint density at radius 3 is 2.72 bits per heavy atom. The average molecular weight is 344 g/mol. The van der Waals surface area contributed by atoms with Gasteiger partial charge in [0, 0.05) is 11.3 Å². The zero-order valence-electron chi connectivity index (χ0n) is 15.2. The number of benzene rings is 1. The van der Waals surface area contributed by atoms with Gasteiger partial charge in [0.05, 0.1) is 18.9 Å². The third-order valence-corrected chi connectivity index (χ3v) is 3.41. The molecule has 0 spiro atoms. The molecule has 0 atom stereocenters. The molecule has 0 aliphatic heterocycles. The molecule has 0 fully saturated rings. The summed E-state index contributed by atoms with van der Waals surface area (Å²) in [6.45, 7) is 9.90. The molecule has 7 nitrogen and oxygen atoms in total. The molecule has 0 radical (unpaired) electrons. The highest BCUT2D eigenvalue weighted by Gasteiger charge is 2.07. The van der Waals surface area contributed by atoms with Gasteiger partial charge in [0.1, 0.15) is 0 Å². The summed E-state index contributed by atoms with van der Waals surface area (Å²) < 4.78 is 11.4. The van der Waals surface area contributed by atoms with Gasteiger partial charge < -0.3 is 9.47 Å². The van der Waals surface area contributed by atoms with E-state index in [1.165, 1.54) is 0 Å². The van der Waals surface area contributed by atoms with Crippen molar-refractivity contribution in [3.8, 4) is 11.5 Å². The monoisotopic (exact) mass is 344 g/mol. The van der Waals surface area contributed by atoms with Crippen molar-refractivity contribution in [1.29, 1.82) is 0 Å². The minimum absolute atomic E-state index is 0.0630. The Hall–Kier alpha value is -2.83. The maximum absolute atomic E-state index is 11.7. The van der Waals surface area contributed by atoms with Crippen LogP contribution in [0.15, 0.2) is 28.1 Å². The van der Waals surface area contributed by atoms with Gasteiger partial charge in [-0.2, -0.15) is 5.10 Å². The van der Waals surface area contributed by atoms with Crippen molar-refractivity contribution in [1.82, 2.24) is 9.97 Å². The van der Waals surface area contributed by atoms with Crippen LogP contribution in [0.4, 0.5) is 5.95 Å². The number of aryl methyl sites for hydroxylation is 1. The second kappa shape index (κ2) is 8.32. The SMILES string of the molecule is CCOc1cc(/C=N\Nc2nc(C)c(C)c(=O)[nH]2)ccc1OC(C)C. The quantitative estimate of drug-likeness (QED) is 0.595. The molecule has 0 aliphatic rings. The van der Waals surface area contributed by atoms with E-state index < -0.39 is 0 Å². The first kappa shape index (κ1) is 18.5. The van der Waals surface area contributed by atoms with E-state index >= 15 is 0 Å². The molecular weight excluding hydrogens is 320 g/mol. The van der Waals surface area contributed by atoms with E-state index in [1.54, 1.807) is 20.1 Å². The summed E-state index contributed by atoms with van der Waals surface area (Å²) in [7, 11) is 0. The molecule has 0 amide bonds. The maximum Gasteiger partial charge on any atom is 0.255 e. The van der Waals surface area contributed by atoms with Gasteiger partial charge in [-0.1, -0.05) is 0 Å². The largest absolute Gasteiger partial charge is 0.490 e. The second-order valence-electron chi connectivity index (χ2n) is 5.80. The fourth-order valence-corrected chi connectivity index (χ4v) is 2.09. The molecule has 1 heterocycles. The van der Waals surface area contributed by atoms with Crippen molar-refractivity contribution in [3.63, 3.8) is 0 Å². The number of anilines is 1. The van der Waals surface area contributed by atoms with Gasteiger partial charge in [0.2, 0.25) is 5.95 Å². The van der Waals surface area contributed by atoms with Crippen molar-refractivity contribution in [2.75, 3.05) is 12.0 Å². The Kier molecular flexibility index (Phi) is 6.16. The lowest BCUT2D eigenvalue weighted by atomic mass is 10.2. The summed E-state index contributed by atoms with van der Waals surface area (Å²) in [5.74, 6) is 1.66. The van der Waals surface area contributed by atoms with Gasteiger partial charge in [-0.15, -0.1) is 0 Å². The van der Waals surface area contributed by atoms with Gasteiger partial charge in [-0.3, -0.25) is 9.78 Å². The number of rotatable bonds is 7. The van der Waals surface area contributed by atoms with Crippen LogP contribution in [0, 0.1) is 13.8 Å². The highest BCUT2D eigenvalue weighted by Crippen LogP contribution is 2.28. The van der Waals surface area contributed by atoms with E-state index in [4.69, 9.17) is 9.47 Å². The lowest BCUT2D eigenvalue weighted by Crippen LogP contribution is -2.15. The van der Waals surface area contributed by atoms with Crippen LogP contribution in [0.2, 0.25) is 0 Å². The molecule has 0 aliphatic carbocycles. The molecule has 0 unspecified atom stereocenters. The predicted octanol–water partition coefficient (Wildman–Crippen LogP) is 3.02. The van der Waals surface area contributed by atoms with Crippen molar-refractivity contribution in [3.05, 3.63) is 45.4 Å². The molecule has 134 valence electrons. The lowest BCUT2D eigenvalue weighted by molar-refractivity contribution is 0.224. The number of aromatic nitrogens is 2. The van der Waals surface area contributed by atoms with E-state index in [1.807, 2.05) is 39.0 Å². The third-order valence-electron chi connectivity index (χ3n) is 3.41. The van der Waals surface area contributed by atoms with Crippen LogP contribution in [0.3, 0.4) is 0 Å². The Bertz CT molecular complexity index is 812. The van der Waals surface area contributed by atoms with Crippen LogP contribution < -0.4 is 20.5 Å². The van der Waals surface area contributed by atoms with Crippen LogP contribution in [-0.2, 0) is 0 Å². The molecule has 1 aromatic heterocycles. The zero-order chi connectivity index (χ0) is 18.4. The normalized spacial score (nSPS) is 11.1. The Labute approximate surface area is 147 Å². The van der Waals surface area contributed by atoms with E-state index in [9.17, 15) is 4.79 Å². The topological polar surface area (TPSA) is 88.6 Å². The van der Waals surface area contributed by atoms with Crippen molar-refractivity contribution >= 4 is 12.2 Å². The van der Waals surface area contributed by atoms with Gasteiger partial charge in [-0.25, -0.2) is 10.4 Å². The molecule has 2 aromatic rings. The first-order valence-corrected chi connectivity index (χ1v) is 8.20. The fourth-order valence-electron chi connectivity index (χ4n) is 2.09. The smallest absolute Gasteiger partial charge is 0.255 e. The molecule has 2 rings (SSSR count). The predicted molar refractivity (Wildman–Crippen MR) is 98.9 cm³/mol. The summed E-state index contributed by atoms with van der Waals surface area (Å²) in [5, 5.41) is 4.11. The van der Waals surface area contributed by atoms with E-state index in [0.29, 0.717) is 35.3 Å². The standard InChI is InChI=1S/C18H24N4O3/c1-6-24-16-9-14(7-8-15(16)25-11(2)3)10-19-22-18-20-13(5)12(4)17(23)21-18/h7-11H,6H2,1-5H3,(H2,20,21,22,23)/b19-10-. The number of aromatic amines is 1. The third kappa shape index (κ3) is 5.07. The summed E-state index contributed by atoms with van der Waals surface area (Å²) in [4.78, 5) is 18.6. The zero-order valence-corrected chi connectivity index (χ0v) is 15.2. The summed E-state index contributed by atoms with van der Waals surface area (Å²) in [5.41, 5.74) is 4.64. The van der Waals surface area contributed by atoms with Crippen LogP contribution in [0.25, 0.3) is 0 Å². The number of hydrogen-bond acceptors (Lipinski definition) is 6. The number of hydrazone groups is 1. The highest BCUT2D eigenvalue weighted by molar-refractivity contribution is 5.81. The number of nitrogens with one attached hydrogen (secondary N) is 2.